The minimum absolute atomic E-state index is 0.0758. The predicted molar refractivity (Wildman–Crippen MR) is 81.4 cm³/mol. The minimum Gasteiger partial charge on any atom is -0.373 e. The highest BCUT2D eigenvalue weighted by atomic mass is 16.5. The zero-order chi connectivity index (χ0) is 14.6. The molecule has 2 N–H and O–H groups in total. The van der Waals surface area contributed by atoms with E-state index < -0.39 is 0 Å². The summed E-state index contributed by atoms with van der Waals surface area (Å²) >= 11 is 0. The molecule has 0 unspecified atom stereocenters. The molecule has 1 aliphatic carbocycles. The van der Waals surface area contributed by atoms with Crippen molar-refractivity contribution in [2.24, 2.45) is 24.6 Å². The average Bonchev–Trinajstić information content (AvgIpc) is 2.85. The van der Waals surface area contributed by atoms with Gasteiger partial charge < -0.3 is 10.5 Å². The Bertz CT molecular complexity index is 406. The minimum atomic E-state index is -0.0758. The first-order valence-electron chi connectivity index (χ1n) is 7.86. The highest BCUT2D eigenvalue weighted by Crippen LogP contribution is 2.37. The highest BCUT2D eigenvalue weighted by molar-refractivity contribution is 5.03. The molecule has 0 saturated heterocycles. The molecule has 0 aromatic carbocycles. The van der Waals surface area contributed by atoms with E-state index in [9.17, 15) is 0 Å². The van der Waals surface area contributed by atoms with E-state index in [2.05, 4.69) is 18.9 Å². The Morgan fingerprint density at radius 3 is 2.65 bits per heavy atom. The van der Waals surface area contributed by atoms with Crippen LogP contribution >= 0.6 is 0 Å². The van der Waals surface area contributed by atoms with Crippen LogP contribution in [0.15, 0.2) is 12.4 Å². The Morgan fingerprint density at radius 2 is 2.15 bits per heavy atom. The molecule has 0 radical (unpaired) electrons. The third-order valence-corrected chi connectivity index (χ3v) is 4.81. The van der Waals surface area contributed by atoms with Gasteiger partial charge in [0.05, 0.1) is 18.4 Å². The van der Waals surface area contributed by atoms with E-state index in [0.29, 0.717) is 6.54 Å². The van der Waals surface area contributed by atoms with Gasteiger partial charge in [-0.25, -0.2) is 0 Å². The number of nitrogens with two attached hydrogens (primary N) is 1. The molecule has 20 heavy (non-hydrogen) atoms. The van der Waals surface area contributed by atoms with E-state index in [-0.39, 0.29) is 5.60 Å². The van der Waals surface area contributed by atoms with Crippen molar-refractivity contribution in [2.75, 3.05) is 13.2 Å². The fourth-order valence-electron chi connectivity index (χ4n) is 3.23. The van der Waals surface area contributed by atoms with Crippen molar-refractivity contribution in [3.05, 3.63) is 18.0 Å². The second-order valence-electron chi connectivity index (χ2n) is 6.59. The molecule has 1 heterocycles. The van der Waals surface area contributed by atoms with Gasteiger partial charge in [0.15, 0.2) is 0 Å². The first-order chi connectivity index (χ1) is 9.54. The van der Waals surface area contributed by atoms with Crippen LogP contribution in [0.1, 0.15) is 45.1 Å². The zero-order valence-corrected chi connectivity index (χ0v) is 13.1. The Hall–Kier alpha value is -0.870. The molecule has 0 bridgehead atoms. The predicted octanol–water partition coefficient (Wildman–Crippen LogP) is 2.52. The summed E-state index contributed by atoms with van der Waals surface area (Å²) in [4.78, 5) is 0. The van der Waals surface area contributed by atoms with Crippen molar-refractivity contribution in [3.8, 4) is 0 Å². The van der Waals surface area contributed by atoms with Gasteiger partial charge in [0.2, 0.25) is 0 Å². The molecule has 0 atom stereocenters. The van der Waals surface area contributed by atoms with Crippen molar-refractivity contribution >= 4 is 0 Å². The topological polar surface area (TPSA) is 53.1 Å². The summed E-state index contributed by atoms with van der Waals surface area (Å²) < 4.78 is 8.03. The Balaban J connectivity index is 1.80. The van der Waals surface area contributed by atoms with E-state index in [1.54, 1.807) is 0 Å². The van der Waals surface area contributed by atoms with Crippen LogP contribution in [0, 0.1) is 11.8 Å². The van der Waals surface area contributed by atoms with E-state index >= 15 is 0 Å². The third kappa shape index (κ3) is 3.83. The van der Waals surface area contributed by atoms with Crippen LogP contribution in [-0.2, 0) is 18.2 Å². The van der Waals surface area contributed by atoms with Crippen molar-refractivity contribution in [3.63, 3.8) is 0 Å². The van der Waals surface area contributed by atoms with Crippen LogP contribution in [0.2, 0.25) is 0 Å². The number of ether oxygens (including phenoxy) is 1. The Morgan fingerprint density at radius 1 is 1.45 bits per heavy atom. The maximum absolute atomic E-state index is 6.20. The molecule has 0 spiro atoms. The van der Waals surface area contributed by atoms with E-state index in [4.69, 9.17) is 10.5 Å². The lowest BCUT2D eigenvalue weighted by atomic mass is 9.74. The van der Waals surface area contributed by atoms with Crippen LogP contribution in [0.5, 0.6) is 0 Å². The number of aryl methyl sites for hydroxylation is 1. The maximum atomic E-state index is 6.20. The van der Waals surface area contributed by atoms with Crippen LogP contribution in [-0.4, -0.2) is 28.5 Å². The van der Waals surface area contributed by atoms with Gasteiger partial charge in [0, 0.05) is 19.8 Å². The fourth-order valence-corrected chi connectivity index (χ4v) is 3.23. The Kier molecular flexibility index (Phi) is 5.22. The molecule has 0 aliphatic heterocycles. The summed E-state index contributed by atoms with van der Waals surface area (Å²) in [7, 11) is 1.94. The molecule has 0 amide bonds. The lowest BCUT2D eigenvalue weighted by molar-refractivity contribution is -0.0733. The van der Waals surface area contributed by atoms with Gasteiger partial charge in [-0.2, -0.15) is 5.10 Å². The lowest BCUT2D eigenvalue weighted by Gasteiger charge is -2.40. The Labute approximate surface area is 122 Å². The standard InChI is InChI=1S/C16H29N3O/c1-13(2)15-4-7-16(12-17,8-5-15)20-9-6-14-10-18-19(3)11-14/h10-11,13,15H,4-9,12,17H2,1-3H3. The van der Waals surface area contributed by atoms with Crippen molar-refractivity contribution in [2.45, 2.75) is 51.6 Å². The van der Waals surface area contributed by atoms with Gasteiger partial charge >= 0.3 is 0 Å². The smallest absolute Gasteiger partial charge is 0.0804 e. The highest BCUT2D eigenvalue weighted by Gasteiger charge is 2.35. The van der Waals surface area contributed by atoms with Crippen LogP contribution < -0.4 is 5.73 Å². The van der Waals surface area contributed by atoms with Gasteiger partial charge in [-0.15, -0.1) is 0 Å². The van der Waals surface area contributed by atoms with Gasteiger partial charge in [0.25, 0.3) is 0 Å². The lowest BCUT2D eigenvalue weighted by Crippen LogP contribution is -2.45. The summed E-state index contributed by atoms with van der Waals surface area (Å²) in [6.45, 7) is 6.03. The van der Waals surface area contributed by atoms with E-state index in [1.807, 2.05) is 24.1 Å². The van der Waals surface area contributed by atoms with Gasteiger partial charge in [-0.3, -0.25) is 4.68 Å². The summed E-state index contributed by atoms with van der Waals surface area (Å²) in [6.07, 6.45) is 9.60. The summed E-state index contributed by atoms with van der Waals surface area (Å²) in [5.74, 6) is 1.62. The molecule has 1 aliphatic rings. The molecular formula is C16H29N3O. The second-order valence-corrected chi connectivity index (χ2v) is 6.59. The number of rotatable bonds is 6. The number of hydrogen-bond donors (Lipinski definition) is 1. The maximum Gasteiger partial charge on any atom is 0.0804 e. The molecule has 1 fully saturated rings. The van der Waals surface area contributed by atoms with Crippen molar-refractivity contribution in [1.82, 2.24) is 9.78 Å². The molecular weight excluding hydrogens is 250 g/mol. The molecule has 1 saturated carbocycles. The summed E-state index contributed by atoms with van der Waals surface area (Å²) in [6, 6.07) is 0. The van der Waals surface area contributed by atoms with Crippen LogP contribution in [0.4, 0.5) is 0 Å². The fraction of sp³-hybridized carbons (Fsp3) is 0.812. The largest absolute Gasteiger partial charge is 0.373 e. The van der Waals surface area contributed by atoms with E-state index in [1.165, 1.54) is 18.4 Å². The second kappa shape index (κ2) is 6.72. The summed E-state index contributed by atoms with van der Waals surface area (Å²) in [5, 5.41) is 4.19. The molecule has 1 aromatic heterocycles. The van der Waals surface area contributed by atoms with Gasteiger partial charge in [-0.05, 0) is 49.5 Å². The molecule has 1 aromatic rings. The molecule has 4 heteroatoms. The van der Waals surface area contributed by atoms with Crippen molar-refractivity contribution < 1.29 is 4.74 Å². The summed E-state index contributed by atoms with van der Waals surface area (Å²) in [5.41, 5.74) is 7.16. The molecule has 114 valence electrons. The van der Waals surface area contributed by atoms with Crippen molar-refractivity contribution in [1.29, 1.82) is 0 Å². The monoisotopic (exact) mass is 279 g/mol. The quantitative estimate of drug-likeness (QED) is 0.870. The third-order valence-electron chi connectivity index (χ3n) is 4.81. The molecule has 4 nitrogen and oxygen atoms in total. The van der Waals surface area contributed by atoms with Crippen LogP contribution in [0.25, 0.3) is 0 Å². The van der Waals surface area contributed by atoms with E-state index in [0.717, 1.165) is 37.7 Å². The zero-order valence-electron chi connectivity index (χ0n) is 13.1. The average molecular weight is 279 g/mol. The van der Waals surface area contributed by atoms with Crippen LogP contribution in [0.3, 0.4) is 0 Å². The molecule has 2 rings (SSSR count). The SMILES string of the molecule is CC(C)C1CCC(CN)(OCCc2cnn(C)c2)CC1. The number of hydrogen-bond acceptors (Lipinski definition) is 3. The van der Waals surface area contributed by atoms with Gasteiger partial charge in [-0.1, -0.05) is 13.8 Å². The first kappa shape index (κ1) is 15.5. The normalized spacial score (nSPS) is 27.1. The number of aromatic nitrogens is 2. The van der Waals surface area contributed by atoms with Gasteiger partial charge in [0.1, 0.15) is 0 Å². The number of nitrogens with zero attached hydrogens (tertiary/aromatic N) is 2. The first-order valence-corrected chi connectivity index (χ1v) is 7.86.